The van der Waals surface area contributed by atoms with Crippen LogP contribution < -0.4 is 10.6 Å². The van der Waals surface area contributed by atoms with Gasteiger partial charge in [0.05, 0.1) is 4.92 Å². The Bertz CT molecular complexity index is 526. The van der Waals surface area contributed by atoms with E-state index in [1.54, 1.807) is 12.1 Å². The number of nitrogens with zero attached hydrogens (tertiary/aromatic N) is 1. The first kappa shape index (κ1) is 14.5. The number of nitrogens with one attached hydrogen (secondary N) is 2. The molecule has 0 radical (unpaired) electrons. The zero-order valence-corrected chi connectivity index (χ0v) is 11.7. The molecule has 2 N–H and O–H groups in total. The third kappa shape index (κ3) is 2.96. The van der Waals surface area contributed by atoms with Gasteiger partial charge in [0, 0.05) is 23.2 Å². The van der Waals surface area contributed by atoms with Gasteiger partial charge >= 0.3 is 0 Å². The molecule has 20 heavy (non-hydrogen) atoms. The van der Waals surface area contributed by atoms with Crippen molar-refractivity contribution in [3.8, 4) is 0 Å². The molecule has 1 aliphatic rings. The molecule has 6 nitrogen and oxygen atoms in total. The molecule has 108 valence electrons. The standard InChI is InChI=1S/C14H19N3O3/c1-3-10-4-5-12(6-13(10)17(19)20)16-14(18)9(2)11-7-15-8-11/h4-6,9,11,15H,3,7-8H2,1-2H3,(H,16,18). The zero-order chi connectivity index (χ0) is 14.7. The molecule has 0 bridgehead atoms. The molecule has 1 unspecified atom stereocenters. The van der Waals surface area contributed by atoms with Crippen LogP contribution >= 0.6 is 0 Å². The molecule has 1 heterocycles. The second-order valence-corrected chi connectivity index (χ2v) is 5.15. The van der Waals surface area contributed by atoms with Gasteiger partial charge in [-0.25, -0.2) is 0 Å². The van der Waals surface area contributed by atoms with Crippen LogP contribution in [0.3, 0.4) is 0 Å². The molecule has 1 amide bonds. The number of carbonyl (C=O) groups excluding carboxylic acids is 1. The van der Waals surface area contributed by atoms with Gasteiger partial charge in [-0.05, 0) is 31.5 Å². The lowest BCUT2D eigenvalue weighted by atomic mass is 9.88. The number of hydrogen-bond donors (Lipinski definition) is 2. The summed E-state index contributed by atoms with van der Waals surface area (Å²) in [7, 11) is 0. The van der Waals surface area contributed by atoms with Crippen molar-refractivity contribution >= 4 is 17.3 Å². The van der Waals surface area contributed by atoms with Crippen molar-refractivity contribution in [3.63, 3.8) is 0 Å². The lowest BCUT2D eigenvalue weighted by Gasteiger charge is -2.31. The van der Waals surface area contributed by atoms with Crippen LogP contribution in [-0.2, 0) is 11.2 Å². The topological polar surface area (TPSA) is 84.3 Å². The van der Waals surface area contributed by atoms with E-state index < -0.39 is 4.92 Å². The molecular formula is C14H19N3O3. The minimum Gasteiger partial charge on any atom is -0.326 e. The number of benzene rings is 1. The van der Waals surface area contributed by atoms with E-state index in [1.807, 2.05) is 13.8 Å². The summed E-state index contributed by atoms with van der Waals surface area (Å²) < 4.78 is 0. The highest BCUT2D eigenvalue weighted by atomic mass is 16.6. The molecule has 2 rings (SSSR count). The van der Waals surface area contributed by atoms with E-state index in [2.05, 4.69) is 10.6 Å². The normalized spacial score (nSPS) is 16.3. The number of hydrogen-bond acceptors (Lipinski definition) is 4. The van der Waals surface area contributed by atoms with Crippen molar-refractivity contribution in [2.75, 3.05) is 18.4 Å². The highest BCUT2D eigenvalue weighted by molar-refractivity contribution is 5.93. The van der Waals surface area contributed by atoms with E-state index >= 15 is 0 Å². The summed E-state index contributed by atoms with van der Waals surface area (Å²) in [4.78, 5) is 22.7. The van der Waals surface area contributed by atoms with Crippen LogP contribution in [0.5, 0.6) is 0 Å². The van der Waals surface area contributed by atoms with Gasteiger partial charge in [0.1, 0.15) is 0 Å². The predicted molar refractivity (Wildman–Crippen MR) is 76.6 cm³/mol. The molecule has 1 fully saturated rings. The van der Waals surface area contributed by atoms with E-state index in [-0.39, 0.29) is 17.5 Å². The average Bonchev–Trinajstić information content (AvgIpc) is 2.36. The van der Waals surface area contributed by atoms with Gasteiger partial charge in [-0.2, -0.15) is 0 Å². The molecule has 0 aromatic heterocycles. The highest BCUT2D eigenvalue weighted by Crippen LogP contribution is 2.25. The van der Waals surface area contributed by atoms with Gasteiger partial charge in [0.15, 0.2) is 0 Å². The van der Waals surface area contributed by atoms with E-state index in [0.29, 0.717) is 23.6 Å². The van der Waals surface area contributed by atoms with Crippen molar-refractivity contribution < 1.29 is 9.72 Å². The molecule has 0 spiro atoms. The Morgan fingerprint density at radius 1 is 1.55 bits per heavy atom. The number of rotatable bonds is 5. The zero-order valence-electron chi connectivity index (χ0n) is 11.7. The Morgan fingerprint density at radius 3 is 2.75 bits per heavy atom. The first-order chi connectivity index (χ1) is 9.52. The van der Waals surface area contributed by atoms with Crippen LogP contribution in [0.4, 0.5) is 11.4 Å². The minimum atomic E-state index is -0.409. The molecule has 1 atom stereocenters. The molecule has 1 aromatic carbocycles. The Balaban J connectivity index is 2.10. The van der Waals surface area contributed by atoms with Gasteiger partial charge < -0.3 is 10.6 Å². The third-order valence-corrected chi connectivity index (χ3v) is 3.86. The summed E-state index contributed by atoms with van der Waals surface area (Å²) in [5.41, 5.74) is 1.21. The molecule has 0 aliphatic carbocycles. The number of nitro groups is 1. The summed E-state index contributed by atoms with van der Waals surface area (Å²) in [6.07, 6.45) is 0.592. The SMILES string of the molecule is CCc1ccc(NC(=O)C(C)C2CNC2)cc1[N+](=O)[O-]. The van der Waals surface area contributed by atoms with Crippen LogP contribution in [0.2, 0.25) is 0 Å². The number of amides is 1. The summed E-state index contributed by atoms with van der Waals surface area (Å²) in [5, 5.41) is 16.9. The number of carbonyl (C=O) groups is 1. The predicted octanol–water partition coefficient (Wildman–Crippen LogP) is 1.95. The van der Waals surface area contributed by atoms with Crippen LogP contribution in [0, 0.1) is 22.0 Å². The van der Waals surface area contributed by atoms with Crippen LogP contribution in [-0.4, -0.2) is 23.9 Å². The fourth-order valence-corrected chi connectivity index (χ4v) is 2.25. The summed E-state index contributed by atoms with van der Waals surface area (Å²) >= 11 is 0. The lowest BCUT2D eigenvalue weighted by Crippen LogP contribution is -2.48. The molecule has 1 aliphatic heterocycles. The van der Waals surface area contributed by atoms with E-state index in [1.165, 1.54) is 6.07 Å². The second kappa shape index (κ2) is 6.00. The Kier molecular flexibility index (Phi) is 4.34. The largest absolute Gasteiger partial charge is 0.326 e. The van der Waals surface area contributed by atoms with Crippen LogP contribution in [0.25, 0.3) is 0 Å². The average molecular weight is 277 g/mol. The van der Waals surface area contributed by atoms with Gasteiger partial charge in [-0.1, -0.05) is 19.9 Å². The van der Waals surface area contributed by atoms with Crippen molar-refractivity contribution in [1.29, 1.82) is 0 Å². The number of anilines is 1. The van der Waals surface area contributed by atoms with Crippen molar-refractivity contribution in [1.82, 2.24) is 5.32 Å². The van der Waals surface area contributed by atoms with E-state index in [4.69, 9.17) is 0 Å². The van der Waals surface area contributed by atoms with Crippen molar-refractivity contribution in [2.24, 2.45) is 11.8 Å². The van der Waals surface area contributed by atoms with E-state index in [9.17, 15) is 14.9 Å². The van der Waals surface area contributed by atoms with Crippen molar-refractivity contribution in [2.45, 2.75) is 20.3 Å². The maximum atomic E-state index is 12.1. The molecule has 1 saturated heterocycles. The fourth-order valence-electron chi connectivity index (χ4n) is 2.25. The van der Waals surface area contributed by atoms with Gasteiger partial charge in [0.25, 0.3) is 5.69 Å². The summed E-state index contributed by atoms with van der Waals surface area (Å²) in [6.45, 7) is 5.45. The Hall–Kier alpha value is -1.95. The third-order valence-electron chi connectivity index (χ3n) is 3.86. The molecule has 0 saturated carbocycles. The molecule has 6 heteroatoms. The maximum absolute atomic E-state index is 12.1. The first-order valence-electron chi connectivity index (χ1n) is 6.81. The summed E-state index contributed by atoms with van der Waals surface area (Å²) in [5.74, 6) is 0.163. The molecule has 1 aromatic rings. The van der Waals surface area contributed by atoms with Gasteiger partial charge in [-0.15, -0.1) is 0 Å². The maximum Gasteiger partial charge on any atom is 0.274 e. The quantitative estimate of drug-likeness (QED) is 0.636. The van der Waals surface area contributed by atoms with Gasteiger partial charge in [0.2, 0.25) is 5.91 Å². The monoisotopic (exact) mass is 277 g/mol. The van der Waals surface area contributed by atoms with Gasteiger partial charge in [-0.3, -0.25) is 14.9 Å². The minimum absolute atomic E-state index is 0.0586. The van der Waals surface area contributed by atoms with E-state index in [0.717, 1.165) is 13.1 Å². The number of nitro benzene ring substituents is 1. The Labute approximate surface area is 117 Å². The fraction of sp³-hybridized carbons (Fsp3) is 0.500. The lowest BCUT2D eigenvalue weighted by molar-refractivity contribution is -0.385. The highest BCUT2D eigenvalue weighted by Gasteiger charge is 2.28. The smallest absolute Gasteiger partial charge is 0.274 e. The second-order valence-electron chi connectivity index (χ2n) is 5.15. The van der Waals surface area contributed by atoms with Crippen LogP contribution in [0.15, 0.2) is 18.2 Å². The summed E-state index contributed by atoms with van der Waals surface area (Å²) in [6, 6.07) is 4.85. The number of aryl methyl sites for hydroxylation is 1. The van der Waals surface area contributed by atoms with Crippen molar-refractivity contribution in [3.05, 3.63) is 33.9 Å². The molecular weight excluding hydrogens is 258 g/mol. The van der Waals surface area contributed by atoms with Crippen LogP contribution in [0.1, 0.15) is 19.4 Å². The Morgan fingerprint density at radius 2 is 2.25 bits per heavy atom. The first-order valence-corrected chi connectivity index (χ1v) is 6.81.